The van der Waals surface area contributed by atoms with Crippen molar-refractivity contribution in [1.82, 2.24) is 5.32 Å². The van der Waals surface area contributed by atoms with E-state index in [2.05, 4.69) is 5.32 Å². The zero-order chi connectivity index (χ0) is 9.84. The van der Waals surface area contributed by atoms with Gasteiger partial charge in [0.25, 0.3) is 0 Å². The van der Waals surface area contributed by atoms with Crippen molar-refractivity contribution in [3.05, 3.63) is 35.6 Å². The molecule has 0 fully saturated rings. The summed E-state index contributed by atoms with van der Waals surface area (Å²) in [4.78, 5) is 10.9. The van der Waals surface area contributed by atoms with Crippen LogP contribution in [-0.4, -0.2) is 13.0 Å². The maximum atomic E-state index is 13.1. The number of primary amides is 1. The van der Waals surface area contributed by atoms with Crippen molar-refractivity contribution in [3.63, 3.8) is 0 Å². The normalized spacial score (nSPS) is 12.5. The molecule has 1 aromatic rings. The van der Waals surface area contributed by atoms with Crippen LogP contribution in [0.15, 0.2) is 24.3 Å². The van der Waals surface area contributed by atoms with Crippen LogP contribution < -0.4 is 11.1 Å². The van der Waals surface area contributed by atoms with Crippen LogP contribution in [0.1, 0.15) is 11.6 Å². The molecule has 0 saturated heterocycles. The molecule has 0 spiro atoms. The first-order valence-electron chi connectivity index (χ1n) is 3.88. The molecule has 1 rings (SSSR count). The zero-order valence-corrected chi connectivity index (χ0v) is 7.25. The quantitative estimate of drug-likeness (QED) is 0.718. The number of hydrogen-bond donors (Lipinski definition) is 2. The van der Waals surface area contributed by atoms with Crippen LogP contribution in [0.3, 0.4) is 0 Å². The third kappa shape index (κ3) is 2.03. The molecule has 1 aromatic carbocycles. The van der Waals surface area contributed by atoms with Crippen molar-refractivity contribution < 1.29 is 9.18 Å². The van der Waals surface area contributed by atoms with Crippen molar-refractivity contribution in [2.24, 2.45) is 5.73 Å². The molecule has 0 bridgehead atoms. The summed E-state index contributed by atoms with van der Waals surface area (Å²) in [7, 11) is 1.56. The Labute approximate surface area is 75.7 Å². The Hall–Kier alpha value is -1.42. The third-order valence-corrected chi connectivity index (χ3v) is 1.79. The second-order valence-corrected chi connectivity index (χ2v) is 2.65. The summed E-state index contributed by atoms with van der Waals surface area (Å²) in [5, 5.41) is 2.64. The predicted molar refractivity (Wildman–Crippen MR) is 47.4 cm³/mol. The summed E-state index contributed by atoms with van der Waals surface area (Å²) >= 11 is 0. The Bertz CT molecular complexity index is 314. The molecule has 4 heteroatoms. The van der Waals surface area contributed by atoms with Gasteiger partial charge in [0.2, 0.25) is 5.91 Å². The maximum absolute atomic E-state index is 13.1. The van der Waals surface area contributed by atoms with Gasteiger partial charge in [-0.1, -0.05) is 18.2 Å². The van der Waals surface area contributed by atoms with E-state index in [1.807, 2.05) is 0 Å². The summed E-state index contributed by atoms with van der Waals surface area (Å²) in [6, 6.07) is 5.28. The van der Waals surface area contributed by atoms with Crippen LogP contribution in [0.25, 0.3) is 0 Å². The molecule has 3 nitrogen and oxygen atoms in total. The van der Waals surface area contributed by atoms with Gasteiger partial charge in [-0.2, -0.15) is 0 Å². The summed E-state index contributed by atoms with van der Waals surface area (Å²) < 4.78 is 13.1. The van der Waals surface area contributed by atoms with Gasteiger partial charge >= 0.3 is 0 Å². The molecule has 0 saturated carbocycles. The molecular formula is C9H11FN2O. The lowest BCUT2D eigenvalue weighted by molar-refractivity contribution is -0.120. The second-order valence-electron chi connectivity index (χ2n) is 2.65. The van der Waals surface area contributed by atoms with Gasteiger partial charge in [0.15, 0.2) is 0 Å². The Balaban J connectivity index is 3.04. The molecule has 1 amide bonds. The van der Waals surface area contributed by atoms with E-state index >= 15 is 0 Å². The molecule has 0 aliphatic carbocycles. The number of nitrogens with one attached hydrogen (secondary N) is 1. The van der Waals surface area contributed by atoms with E-state index in [0.29, 0.717) is 0 Å². The van der Waals surface area contributed by atoms with E-state index < -0.39 is 17.8 Å². The first-order valence-corrected chi connectivity index (χ1v) is 3.88. The highest BCUT2D eigenvalue weighted by molar-refractivity contribution is 5.81. The van der Waals surface area contributed by atoms with Crippen molar-refractivity contribution in [2.45, 2.75) is 6.04 Å². The minimum atomic E-state index is -0.763. The van der Waals surface area contributed by atoms with Gasteiger partial charge in [-0.15, -0.1) is 0 Å². The lowest BCUT2D eigenvalue weighted by Crippen LogP contribution is -2.31. The van der Waals surface area contributed by atoms with Crippen molar-refractivity contribution in [1.29, 1.82) is 0 Å². The summed E-state index contributed by atoms with van der Waals surface area (Å²) in [6.45, 7) is 0. The highest BCUT2D eigenvalue weighted by atomic mass is 19.1. The van der Waals surface area contributed by atoms with E-state index in [1.165, 1.54) is 12.1 Å². The molecule has 0 aromatic heterocycles. The summed E-state index contributed by atoms with van der Waals surface area (Å²) in [5.41, 5.74) is 5.36. The summed E-state index contributed by atoms with van der Waals surface area (Å²) in [5.74, 6) is -1.02. The Morgan fingerprint density at radius 1 is 1.54 bits per heavy atom. The van der Waals surface area contributed by atoms with Crippen molar-refractivity contribution >= 4 is 5.91 Å². The molecular weight excluding hydrogens is 171 g/mol. The van der Waals surface area contributed by atoms with E-state index in [-0.39, 0.29) is 5.56 Å². The first-order chi connectivity index (χ1) is 6.16. The fraction of sp³-hybridized carbons (Fsp3) is 0.222. The SMILES string of the molecule is CNC(C(N)=O)c1ccccc1F. The number of carbonyl (C=O) groups excluding carboxylic acids is 1. The highest BCUT2D eigenvalue weighted by Crippen LogP contribution is 2.15. The maximum Gasteiger partial charge on any atom is 0.239 e. The van der Waals surface area contributed by atoms with Crippen LogP contribution >= 0.6 is 0 Å². The lowest BCUT2D eigenvalue weighted by atomic mass is 10.1. The minimum Gasteiger partial charge on any atom is -0.368 e. The Kier molecular flexibility index (Phi) is 2.97. The summed E-state index contributed by atoms with van der Waals surface area (Å²) in [6.07, 6.45) is 0. The highest BCUT2D eigenvalue weighted by Gasteiger charge is 2.18. The van der Waals surface area contributed by atoms with Crippen LogP contribution in [-0.2, 0) is 4.79 Å². The molecule has 0 aliphatic rings. The first kappa shape index (κ1) is 9.67. The number of likely N-dealkylation sites (N-methyl/N-ethyl adjacent to an activating group) is 1. The molecule has 3 N–H and O–H groups in total. The van der Waals surface area contributed by atoms with Gasteiger partial charge in [0, 0.05) is 5.56 Å². The van der Waals surface area contributed by atoms with Gasteiger partial charge in [-0.05, 0) is 13.1 Å². The number of benzene rings is 1. The largest absolute Gasteiger partial charge is 0.368 e. The van der Waals surface area contributed by atoms with E-state index in [1.54, 1.807) is 19.2 Å². The van der Waals surface area contributed by atoms with Crippen LogP contribution in [0, 0.1) is 5.82 Å². The average molecular weight is 182 g/mol. The third-order valence-electron chi connectivity index (χ3n) is 1.79. The van der Waals surface area contributed by atoms with E-state index in [4.69, 9.17) is 5.73 Å². The fourth-order valence-corrected chi connectivity index (χ4v) is 1.16. The van der Waals surface area contributed by atoms with Crippen molar-refractivity contribution in [3.8, 4) is 0 Å². The second kappa shape index (κ2) is 4.00. The van der Waals surface area contributed by atoms with Gasteiger partial charge in [-0.3, -0.25) is 4.79 Å². The van der Waals surface area contributed by atoms with E-state index in [0.717, 1.165) is 0 Å². The Morgan fingerprint density at radius 2 is 2.15 bits per heavy atom. The monoisotopic (exact) mass is 182 g/mol. The smallest absolute Gasteiger partial charge is 0.239 e. The number of halogens is 1. The van der Waals surface area contributed by atoms with Gasteiger partial charge in [-0.25, -0.2) is 4.39 Å². The number of carbonyl (C=O) groups is 1. The number of nitrogens with two attached hydrogens (primary N) is 1. The number of amides is 1. The average Bonchev–Trinajstić information content (AvgIpc) is 2.09. The number of rotatable bonds is 3. The van der Waals surface area contributed by atoms with Gasteiger partial charge < -0.3 is 11.1 Å². The molecule has 1 atom stereocenters. The molecule has 0 radical (unpaired) electrons. The fourth-order valence-electron chi connectivity index (χ4n) is 1.16. The lowest BCUT2D eigenvalue weighted by Gasteiger charge is -2.12. The zero-order valence-electron chi connectivity index (χ0n) is 7.25. The standard InChI is InChI=1S/C9H11FN2O/c1-12-8(9(11)13)6-4-2-3-5-7(6)10/h2-5,8,12H,1H3,(H2,11,13). The predicted octanol–water partition coefficient (Wildman–Crippen LogP) is 0.571. The van der Waals surface area contributed by atoms with Crippen LogP contribution in [0.4, 0.5) is 4.39 Å². The van der Waals surface area contributed by atoms with Gasteiger partial charge in [0.05, 0.1) is 0 Å². The molecule has 0 heterocycles. The molecule has 70 valence electrons. The van der Waals surface area contributed by atoms with Gasteiger partial charge in [0.1, 0.15) is 11.9 Å². The molecule has 0 aliphatic heterocycles. The topological polar surface area (TPSA) is 55.1 Å². The Morgan fingerprint density at radius 3 is 2.62 bits per heavy atom. The van der Waals surface area contributed by atoms with Crippen LogP contribution in [0.2, 0.25) is 0 Å². The van der Waals surface area contributed by atoms with E-state index in [9.17, 15) is 9.18 Å². The molecule has 13 heavy (non-hydrogen) atoms. The minimum absolute atomic E-state index is 0.275. The van der Waals surface area contributed by atoms with Crippen LogP contribution in [0.5, 0.6) is 0 Å². The molecule has 1 unspecified atom stereocenters. The van der Waals surface area contributed by atoms with Crippen molar-refractivity contribution in [2.75, 3.05) is 7.05 Å². The number of hydrogen-bond acceptors (Lipinski definition) is 2.